The lowest BCUT2D eigenvalue weighted by Gasteiger charge is -2.26. The third-order valence-electron chi connectivity index (χ3n) is 5.00. The Morgan fingerprint density at radius 3 is 2.59 bits per heavy atom. The molecule has 2 aromatic rings. The Hall–Kier alpha value is -1.77. The molecule has 0 unspecified atom stereocenters. The van der Waals surface area contributed by atoms with E-state index in [-0.39, 0.29) is 5.91 Å². The molecule has 3 nitrogen and oxygen atoms in total. The molecule has 1 N–H and O–H groups in total. The predicted molar refractivity (Wildman–Crippen MR) is 89.0 cm³/mol. The number of hydrogen-bond acceptors (Lipinski definition) is 2. The van der Waals surface area contributed by atoms with E-state index in [1.807, 2.05) is 0 Å². The summed E-state index contributed by atoms with van der Waals surface area (Å²) in [7, 11) is 0. The van der Waals surface area contributed by atoms with Crippen molar-refractivity contribution in [1.29, 1.82) is 0 Å². The summed E-state index contributed by atoms with van der Waals surface area (Å²) >= 11 is 0. The highest BCUT2D eigenvalue weighted by Gasteiger charge is 2.20. The Balaban J connectivity index is 1.68. The third kappa shape index (κ3) is 3.18. The first kappa shape index (κ1) is 15.1. The molecule has 22 heavy (non-hydrogen) atoms. The quantitative estimate of drug-likeness (QED) is 0.918. The average Bonchev–Trinajstić information content (AvgIpc) is 2.84. The van der Waals surface area contributed by atoms with Crippen molar-refractivity contribution in [3.8, 4) is 0 Å². The highest BCUT2D eigenvalue weighted by molar-refractivity contribution is 5.88. The van der Waals surface area contributed by atoms with Crippen LogP contribution in [0.1, 0.15) is 49.3 Å². The van der Waals surface area contributed by atoms with Crippen molar-refractivity contribution in [2.24, 2.45) is 5.92 Å². The second-order valence-electron chi connectivity index (χ2n) is 6.89. The first-order chi connectivity index (χ1) is 10.5. The molecule has 0 radical (unpaired) electrons. The van der Waals surface area contributed by atoms with Gasteiger partial charge < -0.3 is 9.73 Å². The van der Waals surface area contributed by atoms with Crippen molar-refractivity contribution < 1.29 is 9.21 Å². The van der Waals surface area contributed by atoms with E-state index in [0.29, 0.717) is 12.5 Å². The third-order valence-corrected chi connectivity index (χ3v) is 5.00. The van der Waals surface area contributed by atoms with Gasteiger partial charge in [-0.25, -0.2) is 0 Å². The van der Waals surface area contributed by atoms with Gasteiger partial charge in [-0.2, -0.15) is 0 Å². The number of furan rings is 1. The Labute approximate surface area is 132 Å². The Kier molecular flexibility index (Phi) is 4.23. The molecule has 1 aromatic carbocycles. The lowest BCUT2D eigenvalue weighted by atomic mass is 9.87. The monoisotopic (exact) mass is 299 g/mol. The molecule has 1 saturated carbocycles. The SMILES string of the molecule is Cc1cc2occ(CC(=O)NC3CCC(C)CC3)c2cc1C. The van der Waals surface area contributed by atoms with Gasteiger partial charge in [0, 0.05) is 17.0 Å². The van der Waals surface area contributed by atoms with E-state index in [0.717, 1.165) is 35.3 Å². The highest BCUT2D eigenvalue weighted by atomic mass is 16.3. The molecule has 1 aromatic heterocycles. The zero-order chi connectivity index (χ0) is 15.7. The normalized spacial score (nSPS) is 22.0. The van der Waals surface area contributed by atoms with E-state index >= 15 is 0 Å². The minimum atomic E-state index is 0.112. The van der Waals surface area contributed by atoms with Crippen molar-refractivity contribution in [3.63, 3.8) is 0 Å². The molecule has 0 saturated heterocycles. The molecule has 1 aliphatic carbocycles. The second-order valence-corrected chi connectivity index (χ2v) is 6.89. The van der Waals surface area contributed by atoms with E-state index in [9.17, 15) is 4.79 Å². The number of hydrogen-bond donors (Lipinski definition) is 1. The maximum absolute atomic E-state index is 12.3. The van der Waals surface area contributed by atoms with Gasteiger partial charge in [-0.3, -0.25) is 4.79 Å². The number of carbonyl (C=O) groups is 1. The summed E-state index contributed by atoms with van der Waals surface area (Å²) in [4.78, 5) is 12.3. The molecule has 3 rings (SSSR count). The summed E-state index contributed by atoms with van der Waals surface area (Å²) in [6.07, 6.45) is 6.79. The molecule has 3 heteroatoms. The number of fused-ring (bicyclic) bond motifs is 1. The maximum atomic E-state index is 12.3. The fourth-order valence-electron chi connectivity index (χ4n) is 3.33. The van der Waals surface area contributed by atoms with Crippen LogP contribution in [0.3, 0.4) is 0 Å². The van der Waals surface area contributed by atoms with Crippen LogP contribution < -0.4 is 5.32 Å². The molecular formula is C19H25NO2. The molecule has 0 atom stereocenters. The Bertz CT molecular complexity index is 678. The number of amides is 1. The molecule has 1 heterocycles. The zero-order valence-electron chi connectivity index (χ0n) is 13.7. The lowest BCUT2D eigenvalue weighted by molar-refractivity contribution is -0.121. The topological polar surface area (TPSA) is 42.2 Å². The summed E-state index contributed by atoms with van der Waals surface area (Å²) in [6, 6.07) is 4.53. The van der Waals surface area contributed by atoms with Gasteiger partial charge in [0.25, 0.3) is 0 Å². The van der Waals surface area contributed by atoms with Gasteiger partial charge in [-0.15, -0.1) is 0 Å². The van der Waals surface area contributed by atoms with Crippen LogP contribution in [0.4, 0.5) is 0 Å². The summed E-state index contributed by atoms with van der Waals surface area (Å²) in [6.45, 7) is 6.46. The fraction of sp³-hybridized carbons (Fsp3) is 0.526. The molecule has 1 amide bonds. The minimum absolute atomic E-state index is 0.112. The van der Waals surface area contributed by atoms with Crippen LogP contribution in [0.25, 0.3) is 11.0 Å². The van der Waals surface area contributed by atoms with E-state index in [2.05, 4.69) is 38.2 Å². The van der Waals surface area contributed by atoms with Crippen LogP contribution in [0.2, 0.25) is 0 Å². The Morgan fingerprint density at radius 2 is 1.86 bits per heavy atom. The van der Waals surface area contributed by atoms with Crippen LogP contribution in [0.15, 0.2) is 22.8 Å². The molecule has 1 fully saturated rings. The molecule has 0 spiro atoms. The van der Waals surface area contributed by atoms with Crippen molar-refractivity contribution >= 4 is 16.9 Å². The number of aryl methyl sites for hydroxylation is 2. The molecule has 0 aliphatic heterocycles. The summed E-state index contributed by atoms with van der Waals surface area (Å²) in [5, 5.41) is 4.25. The number of nitrogens with one attached hydrogen (secondary N) is 1. The molecule has 0 bridgehead atoms. The Morgan fingerprint density at radius 1 is 1.18 bits per heavy atom. The first-order valence-corrected chi connectivity index (χ1v) is 8.29. The largest absolute Gasteiger partial charge is 0.464 e. The van der Waals surface area contributed by atoms with E-state index in [1.165, 1.54) is 24.0 Å². The standard InChI is InChI=1S/C19H25NO2/c1-12-4-6-16(7-5-12)20-19(21)10-15-11-22-18-9-14(3)13(2)8-17(15)18/h8-9,11-12,16H,4-7,10H2,1-3H3,(H,20,21). The van der Waals surface area contributed by atoms with Gasteiger partial charge in [-0.05, 0) is 68.7 Å². The number of rotatable bonds is 3. The molecule has 118 valence electrons. The van der Waals surface area contributed by atoms with Crippen LogP contribution in [-0.4, -0.2) is 11.9 Å². The van der Waals surface area contributed by atoms with Gasteiger partial charge in [0.15, 0.2) is 0 Å². The lowest BCUT2D eigenvalue weighted by Crippen LogP contribution is -2.38. The summed E-state index contributed by atoms with van der Waals surface area (Å²) in [5.41, 5.74) is 4.31. The number of carbonyl (C=O) groups excluding carboxylic acids is 1. The molecular weight excluding hydrogens is 274 g/mol. The highest BCUT2D eigenvalue weighted by Crippen LogP contribution is 2.26. The summed E-state index contributed by atoms with van der Waals surface area (Å²) in [5.74, 6) is 0.915. The minimum Gasteiger partial charge on any atom is -0.464 e. The maximum Gasteiger partial charge on any atom is 0.224 e. The second kappa shape index (κ2) is 6.15. The predicted octanol–water partition coefficient (Wildman–Crippen LogP) is 4.29. The van der Waals surface area contributed by atoms with E-state index < -0.39 is 0 Å². The van der Waals surface area contributed by atoms with Crippen molar-refractivity contribution in [3.05, 3.63) is 35.1 Å². The van der Waals surface area contributed by atoms with E-state index in [1.54, 1.807) is 6.26 Å². The zero-order valence-corrected chi connectivity index (χ0v) is 13.7. The van der Waals surface area contributed by atoms with Crippen LogP contribution in [0.5, 0.6) is 0 Å². The van der Waals surface area contributed by atoms with Crippen LogP contribution in [-0.2, 0) is 11.2 Å². The van der Waals surface area contributed by atoms with Gasteiger partial charge in [0.05, 0.1) is 12.7 Å². The smallest absolute Gasteiger partial charge is 0.224 e. The van der Waals surface area contributed by atoms with Crippen LogP contribution in [0, 0.1) is 19.8 Å². The van der Waals surface area contributed by atoms with E-state index in [4.69, 9.17) is 4.42 Å². The van der Waals surface area contributed by atoms with Gasteiger partial charge >= 0.3 is 0 Å². The van der Waals surface area contributed by atoms with Crippen LogP contribution >= 0.6 is 0 Å². The van der Waals surface area contributed by atoms with Gasteiger partial charge in [0.2, 0.25) is 5.91 Å². The van der Waals surface area contributed by atoms with Gasteiger partial charge in [0.1, 0.15) is 5.58 Å². The van der Waals surface area contributed by atoms with Crippen molar-refractivity contribution in [1.82, 2.24) is 5.32 Å². The average molecular weight is 299 g/mol. The van der Waals surface area contributed by atoms with Crippen molar-refractivity contribution in [2.75, 3.05) is 0 Å². The summed E-state index contributed by atoms with van der Waals surface area (Å²) < 4.78 is 5.61. The number of benzene rings is 1. The fourth-order valence-corrected chi connectivity index (χ4v) is 3.33. The van der Waals surface area contributed by atoms with Crippen molar-refractivity contribution in [2.45, 2.75) is 58.9 Å². The van der Waals surface area contributed by atoms with Gasteiger partial charge in [-0.1, -0.05) is 6.92 Å². The first-order valence-electron chi connectivity index (χ1n) is 8.29. The molecule has 1 aliphatic rings.